The van der Waals surface area contributed by atoms with E-state index in [1.165, 1.54) is 45.8 Å². The van der Waals surface area contributed by atoms with Crippen LogP contribution >= 0.6 is 11.6 Å². The van der Waals surface area contributed by atoms with Gasteiger partial charge in [-0.1, -0.05) is 41.4 Å². The molecule has 0 saturated carbocycles. The number of halogens is 1. The number of nitrogens with zero attached hydrogens (tertiary/aromatic N) is 10. The Kier molecular flexibility index (Phi) is 18.3. The summed E-state index contributed by atoms with van der Waals surface area (Å²) < 4.78 is 11.7. The van der Waals surface area contributed by atoms with Crippen LogP contribution in [0.2, 0.25) is 5.02 Å². The van der Waals surface area contributed by atoms with E-state index in [2.05, 4.69) is 29.8 Å². The minimum absolute atomic E-state index is 0.0698. The molecule has 2 aromatic carbocycles. The number of furan rings is 2. The number of aldehydes is 1. The third-order valence-electron chi connectivity index (χ3n) is 12.7. The summed E-state index contributed by atoms with van der Waals surface area (Å²) in [6.07, 6.45) is 9.57. The Labute approximate surface area is 399 Å². The Morgan fingerprint density at radius 3 is 1.66 bits per heavy atom. The van der Waals surface area contributed by atoms with Crippen LogP contribution in [0, 0.1) is 6.92 Å². The third kappa shape index (κ3) is 14.7. The Hall–Kier alpha value is -5.65. The van der Waals surface area contributed by atoms with Gasteiger partial charge in [0.15, 0.2) is 0 Å². The van der Waals surface area contributed by atoms with Gasteiger partial charge in [0.2, 0.25) is 0 Å². The van der Waals surface area contributed by atoms with E-state index in [0.29, 0.717) is 47.4 Å². The SMILES string of the molecule is Cc1ccc(-c2ccc(/C=N/N(CC=O)C(=O)N(C)CCCCN3CCN(CCCCN4CCN(CCCCN5C(=O)CN(/N=C/c6ccc(-c7ccc(Cl)cc7)o6)C5=O)CC4)CC3)o2)cc1. The lowest BCUT2D eigenvalue weighted by Gasteiger charge is -2.36. The van der Waals surface area contributed by atoms with E-state index in [9.17, 15) is 19.2 Å². The van der Waals surface area contributed by atoms with Crippen LogP contribution in [0.5, 0.6) is 0 Å². The van der Waals surface area contributed by atoms with Crippen LogP contribution in [0.3, 0.4) is 0 Å². The topological polar surface area (TPSA) is 145 Å². The molecule has 67 heavy (non-hydrogen) atoms. The van der Waals surface area contributed by atoms with E-state index >= 15 is 0 Å². The van der Waals surface area contributed by atoms with Crippen LogP contribution in [0.4, 0.5) is 9.59 Å². The summed E-state index contributed by atoms with van der Waals surface area (Å²) in [5.74, 6) is 2.13. The smallest absolute Gasteiger partial charge is 0.347 e. The molecule has 0 N–H and O–H groups in total. The highest BCUT2D eigenvalue weighted by molar-refractivity contribution is 6.30. The summed E-state index contributed by atoms with van der Waals surface area (Å²) in [4.78, 5) is 63.2. The van der Waals surface area contributed by atoms with Crippen LogP contribution in [0.15, 0.2) is 91.8 Å². The molecule has 0 atom stereocenters. The van der Waals surface area contributed by atoms with Crippen LogP contribution in [0.1, 0.15) is 55.6 Å². The van der Waals surface area contributed by atoms with Gasteiger partial charge in [0.05, 0.1) is 12.4 Å². The first-order valence-electron chi connectivity index (χ1n) is 23.7. The fraction of sp³-hybridized carbons (Fsp3) is 0.480. The first kappa shape index (κ1) is 49.3. The second-order valence-electron chi connectivity index (χ2n) is 17.6. The van der Waals surface area contributed by atoms with Crippen LogP contribution in [-0.4, -0.2) is 188 Å². The molecule has 0 bridgehead atoms. The molecule has 3 fully saturated rings. The summed E-state index contributed by atoms with van der Waals surface area (Å²) in [5.41, 5.74) is 3.01. The quantitative estimate of drug-likeness (QED) is 0.0253. The number of urea groups is 2. The van der Waals surface area contributed by atoms with Gasteiger partial charge in [-0.3, -0.25) is 9.69 Å². The number of aryl methyl sites for hydroxylation is 1. The molecule has 3 saturated heterocycles. The van der Waals surface area contributed by atoms with Gasteiger partial charge in [-0.15, -0.1) is 0 Å². The molecule has 17 heteroatoms. The number of hydrazone groups is 2. The highest BCUT2D eigenvalue weighted by atomic mass is 35.5. The van der Waals surface area contributed by atoms with Gasteiger partial charge in [-0.2, -0.15) is 10.2 Å². The Bertz CT molecular complexity index is 2260. The predicted octanol–water partition coefficient (Wildman–Crippen LogP) is 6.93. The number of carbonyl (C=O) groups is 4. The largest absolute Gasteiger partial charge is 0.455 e. The molecule has 5 heterocycles. The van der Waals surface area contributed by atoms with E-state index in [-0.39, 0.29) is 25.0 Å². The molecule has 358 valence electrons. The number of imide groups is 1. The van der Waals surface area contributed by atoms with Gasteiger partial charge in [0, 0.05) is 88.6 Å². The molecule has 0 aliphatic carbocycles. The molecule has 3 aliphatic heterocycles. The monoisotopic (exact) mass is 936 g/mol. The molecule has 7 rings (SSSR count). The van der Waals surface area contributed by atoms with Crippen molar-refractivity contribution in [2.75, 3.05) is 112 Å². The first-order chi connectivity index (χ1) is 32.6. The molecular formula is C50H65ClN10O6. The van der Waals surface area contributed by atoms with Crippen molar-refractivity contribution < 1.29 is 28.0 Å². The number of unbranched alkanes of at least 4 members (excludes halogenated alkanes) is 3. The molecule has 0 unspecified atom stereocenters. The number of hydrogen-bond donors (Lipinski definition) is 0. The number of carbonyl (C=O) groups excluding carboxylic acids is 4. The first-order valence-corrected chi connectivity index (χ1v) is 24.1. The lowest BCUT2D eigenvalue weighted by Crippen LogP contribution is -2.47. The van der Waals surface area contributed by atoms with Gasteiger partial charge in [0.25, 0.3) is 5.91 Å². The minimum atomic E-state index is -0.395. The van der Waals surface area contributed by atoms with Crippen molar-refractivity contribution in [3.05, 3.63) is 94.9 Å². The van der Waals surface area contributed by atoms with Gasteiger partial charge >= 0.3 is 12.1 Å². The fourth-order valence-corrected chi connectivity index (χ4v) is 8.68. The molecule has 3 aliphatic rings. The average molecular weight is 938 g/mol. The fourth-order valence-electron chi connectivity index (χ4n) is 8.55. The van der Waals surface area contributed by atoms with Crippen molar-refractivity contribution in [2.24, 2.45) is 10.2 Å². The maximum Gasteiger partial charge on any atom is 0.347 e. The zero-order valence-corrected chi connectivity index (χ0v) is 39.8. The minimum Gasteiger partial charge on any atom is -0.455 e. The summed E-state index contributed by atoms with van der Waals surface area (Å²) in [5, 5.41) is 11.5. The van der Waals surface area contributed by atoms with Gasteiger partial charge in [-0.05, 0) is 120 Å². The van der Waals surface area contributed by atoms with E-state index in [1.54, 1.807) is 36.2 Å². The standard InChI is InChI=1S/C50H65ClN10O6/c1-40-9-11-41(12-10-40)46-19-17-44(66-46)37-52-60(35-36-62)49(64)54(2)21-3-4-22-55-27-29-56(30-28-55)23-5-6-24-57-31-33-58(34-32-57)25-7-8-26-59-48(63)39-61(50(59)65)53-38-45-18-20-47(67-45)42-13-15-43(51)16-14-42/h9-20,36-38H,3-8,21-35,39H2,1-2H3/b52-37+,53-38+. The molecular weight excluding hydrogens is 872 g/mol. The van der Waals surface area contributed by atoms with Crippen molar-refractivity contribution in [3.8, 4) is 22.6 Å². The van der Waals surface area contributed by atoms with Crippen LogP contribution in [-0.2, 0) is 9.59 Å². The molecule has 0 spiro atoms. The molecule has 5 amide bonds. The van der Waals surface area contributed by atoms with E-state index in [4.69, 9.17) is 20.4 Å². The molecule has 0 radical (unpaired) electrons. The number of amides is 5. The zero-order valence-electron chi connectivity index (χ0n) is 39.0. The summed E-state index contributed by atoms with van der Waals surface area (Å²) in [7, 11) is 1.75. The third-order valence-corrected chi connectivity index (χ3v) is 12.9. The number of hydrogen-bond acceptors (Lipinski definition) is 12. The Morgan fingerprint density at radius 1 is 0.657 bits per heavy atom. The van der Waals surface area contributed by atoms with Crippen molar-refractivity contribution in [1.29, 1.82) is 0 Å². The van der Waals surface area contributed by atoms with Crippen LogP contribution < -0.4 is 0 Å². The number of benzene rings is 2. The van der Waals surface area contributed by atoms with Crippen molar-refractivity contribution >= 4 is 48.3 Å². The maximum absolute atomic E-state index is 13.1. The number of rotatable bonds is 23. The van der Waals surface area contributed by atoms with Gasteiger partial charge in [0.1, 0.15) is 42.4 Å². The lowest BCUT2D eigenvalue weighted by atomic mass is 10.1. The van der Waals surface area contributed by atoms with E-state index < -0.39 is 6.03 Å². The van der Waals surface area contributed by atoms with Gasteiger partial charge < -0.3 is 38.1 Å². The molecule has 4 aromatic rings. The molecule has 2 aromatic heterocycles. The lowest BCUT2D eigenvalue weighted by molar-refractivity contribution is -0.125. The van der Waals surface area contributed by atoms with E-state index in [1.807, 2.05) is 55.5 Å². The highest BCUT2D eigenvalue weighted by Gasteiger charge is 2.35. The normalized spacial score (nSPS) is 16.9. The van der Waals surface area contributed by atoms with Crippen molar-refractivity contribution in [1.82, 2.24) is 39.4 Å². The summed E-state index contributed by atoms with van der Waals surface area (Å²) in [6, 6.07) is 21.9. The second-order valence-corrected chi connectivity index (χ2v) is 18.0. The summed E-state index contributed by atoms with van der Waals surface area (Å²) >= 11 is 5.99. The maximum atomic E-state index is 13.1. The van der Waals surface area contributed by atoms with E-state index in [0.717, 1.165) is 115 Å². The Balaban J connectivity index is 0.688. The zero-order chi connectivity index (χ0) is 47.0. The Morgan fingerprint density at radius 2 is 1.13 bits per heavy atom. The van der Waals surface area contributed by atoms with Gasteiger partial charge in [-0.25, -0.2) is 19.6 Å². The molecule has 16 nitrogen and oxygen atoms in total. The summed E-state index contributed by atoms with van der Waals surface area (Å²) in [6.45, 7) is 15.6. The number of piperazine rings is 2. The van der Waals surface area contributed by atoms with Crippen LogP contribution in [0.25, 0.3) is 22.6 Å². The van der Waals surface area contributed by atoms with Crippen molar-refractivity contribution in [2.45, 2.75) is 45.4 Å². The highest BCUT2D eigenvalue weighted by Crippen LogP contribution is 2.24. The predicted molar refractivity (Wildman–Crippen MR) is 261 cm³/mol. The second kappa shape index (κ2) is 24.9. The average Bonchev–Trinajstić information content (AvgIpc) is 4.09. The van der Waals surface area contributed by atoms with Crippen molar-refractivity contribution in [3.63, 3.8) is 0 Å².